The van der Waals surface area contributed by atoms with Crippen molar-refractivity contribution < 1.29 is 9.90 Å². The molecule has 0 atom stereocenters. The Kier molecular flexibility index (Phi) is 3.88. The molecule has 140 valence electrons. The van der Waals surface area contributed by atoms with E-state index in [2.05, 4.69) is 10.2 Å². The first-order valence-electron chi connectivity index (χ1n) is 9.31. The molecule has 0 radical (unpaired) electrons. The summed E-state index contributed by atoms with van der Waals surface area (Å²) in [5.41, 5.74) is 3.93. The summed E-state index contributed by atoms with van der Waals surface area (Å²) >= 11 is 0. The third-order valence-electron chi connectivity index (χ3n) is 5.07. The summed E-state index contributed by atoms with van der Waals surface area (Å²) in [6, 6.07) is 24.6. The fourth-order valence-corrected chi connectivity index (χ4v) is 3.70. The number of fused-ring (bicyclic) bond motifs is 1. The zero-order chi connectivity index (χ0) is 20.0. The van der Waals surface area contributed by atoms with Gasteiger partial charge in [-0.25, -0.2) is 0 Å². The first kappa shape index (κ1) is 17.1. The highest BCUT2D eigenvalue weighted by atomic mass is 16.3. The molecule has 5 heteroatoms. The predicted molar refractivity (Wildman–Crippen MR) is 112 cm³/mol. The minimum atomic E-state index is -0.251. The summed E-state index contributed by atoms with van der Waals surface area (Å²) in [6.07, 6.45) is 0. The van der Waals surface area contributed by atoms with Gasteiger partial charge < -0.3 is 5.11 Å². The highest BCUT2D eigenvalue weighted by Crippen LogP contribution is 2.38. The summed E-state index contributed by atoms with van der Waals surface area (Å²) in [5.74, 6) is 0.619. The average molecular weight is 379 g/mol. The van der Waals surface area contributed by atoms with Crippen LogP contribution in [0.5, 0.6) is 0 Å². The molecule has 0 saturated carbocycles. The molecule has 0 amide bonds. The Morgan fingerprint density at radius 2 is 1.48 bits per heavy atom. The lowest BCUT2D eigenvalue weighted by atomic mass is 10.1. The number of aromatic nitrogens is 3. The molecule has 0 bridgehead atoms. The van der Waals surface area contributed by atoms with E-state index in [0.717, 1.165) is 16.8 Å². The van der Waals surface area contributed by atoms with E-state index in [1.165, 1.54) is 0 Å². The molecule has 1 heterocycles. The minimum absolute atomic E-state index is 0.0634. The van der Waals surface area contributed by atoms with Crippen LogP contribution < -0.4 is 0 Å². The van der Waals surface area contributed by atoms with Crippen molar-refractivity contribution in [1.29, 1.82) is 0 Å². The molecule has 1 aliphatic rings. The zero-order valence-corrected chi connectivity index (χ0v) is 15.7. The number of hydrogen-bond donors (Lipinski definition) is 1. The van der Waals surface area contributed by atoms with Crippen LogP contribution in [0.2, 0.25) is 0 Å². The first-order chi connectivity index (χ1) is 14.1. The smallest absolute Gasteiger partial charge is 0.201 e. The van der Waals surface area contributed by atoms with E-state index < -0.39 is 0 Å². The van der Waals surface area contributed by atoms with Gasteiger partial charge in [0.2, 0.25) is 5.78 Å². The number of Topliss-reactive ketones (excluding diaryl/α,β-unsaturated/α-hetero) is 1. The quantitative estimate of drug-likeness (QED) is 0.552. The molecule has 0 aliphatic heterocycles. The van der Waals surface area contributed by atoms with Gasteiger partial charge in [-0.1, -0.05) is 66.7 Å². The van der Waals surface area contributed by atoms with Crippen molar-refractivity contribution in [1.82, 2.24) is 14.8 Å². The molecule has 0 fully saturated rings. The number of aryl methyl sites for hydroxylation is 1. The maximum Gasteiger partial charge on any atom is 0.201 e. The molecule has 4 aromatic rings. The van der Waals surface area contributed by atoms with E-state index in [1.54, 1.807) is 24.3 Å². The average Bonchev–Trinajstić information content (AvgIpc) is 3.28. The van der Waals surface area contributed by atoms with E-state index in [4.69, 9.17) is 0 Å². The van der Waals surface area contributed by atoms with E-state index in [0.29, 0.717) is 22.8 Å². The first-order valence-corrected chi connectivity index (χ1v) is 9.31. The number of ketones is 1. The Morgan fingerprint density at radius 3 is 2.21 bits per heavy atom. The maximum atomic E-state index is 13.1. The van der Waals surface area contributed by atoms with Crippen LogP contribution in [0.4, 0.5) is 0 Å². The number of benzene rings is 3. The van der Waals surface area contributed by atoms with Crippen LogP contribution >= 0.6 is 0 Å². The van der Waals surface area contributed by atoms with Crippen molar-refractivity contribution in [3.63, 3.8) is 0 Å². The number of aliphatic hydroxyl groups is 1. The molecule has 0 saturated heterocycles. The largest absolute Gasteiger partial charge is 0.506 e. The monoisotopic (exact) mass is 379 g/mol. The van der Waals surface area contributed by atoms with Gasteiger partial charge in [0.1, 0.15) is 11.3 Å². The lowest BCUT2D eigenvalue weighted by Gasteiger charge is -2.12. The van der Waals surface area contributed by atoms with Crippen molar-refractivity contribution in [2.24, 2.45) is 0 Å². The number of allylic oxidation sites excluding steroid dienone is 1. The number of rotatable bonds is 3. The Bertz CT molecular complexity index is 1290. The van der Waals surface area contributed by atoms with Crippen LogP contribution in [-0.4, -0.2) is 25.7 Å². The highest BCUT2D eigenvalue weighted by Gasteiger charge is 2.34. The van der Waals surface area contributed by atoms with Crippen LogP contribution in [0.25, 0.3) is 28.4 Å². The summed E-state index contributed by atoms with van der Waals surface area (Å²) < 4.78 is 1.83. The Hall–Kier alpha value is -3.99. The molecular formula is C24H17N3O2. The standard InChI is InChI=1S/C24H17N3O2/c1-15-8-7-11-17(14-15)27-23(16-9-3-2-4-10-16)25-26-24(27)20-21(28)18-12-5-6-13-19(18)22(20)29/h2-14,28H,1H3. The third-order valence-corrected chi connectivity index (χ3v) is 5.07. The van der Waals surface area contributed by atoms with Crippen LogP contribution in [0, 0.1) is 6.92 Å². The molecule has 5 rings (SSSR count). The summed E-state index contributed by atoms with van der Waals surface area (Å²) in [5, 5.41) is 19.6. The predicted octanol–water partition coefficient (Wildman–Crippen LogP) is 4.87. The lowest BCUT2D eigenvalue weighted by Crippen LogP contribution is -2.07. The van der Waals surface area contributed by atoms with Gasteiger partial charge in [-0.05, 0) is 24.6 Å². The lowest BCUT2D eigenvalue weighted by molar-refractivity contribution is 0.105. The van der Waals surface area contributed by atoms with Crippen molar-refractivity contribution in [2.75, 3.05) is 0 Å². The van der Waals surface area contributed by atoms with Crippen LogP contribution in [0.3, 0.4) is 0 Å². The van der Waals surface area contributed by atoms with Gasteiger partial charge in [0.15, 0.2) is 11.6 Å². The van der Waals surface area contributed by atoms with E-state index in [1.807, 2.05) is 66.1 Å². The van der Waals surface area contributed by atoms with Crippen LogP contribution in [0.1, 0.15) is 27.3 Å². The highest BCUT2D eigenvalue weighted by molar-refractivity contribution is 6.38. The Balaban J connectivity index is 1.79. The normalized spacial score (nSPS) is 13.1. The minimum Gasteiger partial charge on any atom is -0.506 e. The van der Waals surface area contributed by atoms with E-state index in [-0.39, 0.29) is 17.1 Å². The molecular weight excluding hydrogens is 362 g/mol. The molecule has 3 aromatic carbocycles. The van der Waals surface area contributed by atoms with Gasteiger partial charge in [-0.2, -0.15) is 0 Å². The molecule has 1 aliphatic carbocycles. The summed E-state index contributed by atoms with van der Waals surface area (Å²) in [4.78, 5) is 13.1. The number of carbonyl (C=O) groups excluding carboxylic acids is 1. The number of carbonyl (C=O) groups is 1. The van der Waals surface area contributed by atoms with E-state index >= 15 is 0 Å². The van der Waals surface area contributed by atoms with Gasteiger partial charge in [0.25, 0.3) is 0 Å². The topological polar surface area (TPSA) is 68.0 Å². The van der Waals surface area contributed by atoms with Crippen molar-refractivity contribution in [3.8, 4) is 17.1 Å². The van der Waals surface area contributed by atoms with Crippen molar-refractivity contribution >= 4 is 17.1 Å². The molecule has 0 unspecified atom stereocenters. The van der Waals surface area contributed by atoms with Gasteiger partial charge in [-0.15, -0.1) is 10.2 Å². The number of nitrogens with zero attached hydrogens (tertiary/aromatic N) is 3. The van der Waals surface area contributed by atoms with Gasteiger partial charge in [0, 0.05) is 22.4 Å². The van der Waals surface area contributed by atoms with Gasteiger partial charge in [0.05, 0.1) is 0 Å². The fourth-order valence-electron chi connectivity index (χ4n) is 3.70. The second kappa shape index (κ2) is 6.56. The molecule has 1 aromatic heterocycles. The zero-order valence-electron chi connectivity index (χ0n) is 15.7. The summed E-state index contributed by atoms with van der Waals surface area (Å²) in [6.45, 7) is 2.00. The Labute approximate surface area is 167 Å². The fraction of sp³-hybridized carbons (Fsp3) is 0.0417. The maximum absolute atomic E-state index is 13.1. The molecule has 29 heavy (non-hydrogen) atoms. The van der Waals surface area contributed by atoms with Crippen LogP contribution in [0.15, 0.2) is 78.9 Å². The number of aliphatic hydroxyl groups excluding tert-OH is 1. The van der Waals surface area contributed by atoms with Gasteiger partial charge >= 0.3 is 0 Å². The number of hydrogen-bond acceptors (Lipinski definition) is 4. The molecule has 0 spiro atoms. The molecule has 1 N–H and O–H groups in total. The summed E-state index contributed by atoms with van der Waals surface area (Å²) in [7, 11) is 0. The second-order valence-electron chi connectivity index (χ2n) is 6.99. The SMILES string of the molecule is Cc1cccc(-n2c(C3=C(O)c4ccccc4C3=O)nnc2-c2ccccc2)c1. The Morgan fingerprint density at radius 1 is 0.793 bits per heavy atom. The van der Waals surface area contributed by atoms with Gasteiger partial charge in [-0.3, -0.25) is 9.36 Å². The van der Waals surface area contributed by atoms with Crippen LogP contribution in [-0.2, 0) is 0 Å². The third kappa shape index (κ3) is 2.67. The molecule has 5 nitrogen and oxygen atoms in total. The van der Waals surface area contributed by atoms with Crippen molar-refractivity contribution in [2.45, 2.75) is 6.92 Å². The van der Waals surface area contributed by atoms with E-state index in [9.17, 15) is 9.90 Å². The van der Waals surface area contributed by atoms with Crippen molar-refractivity contribution in [3.05, 3.63) is 101 Å². The second-order valence-corrected chi connectivity index (χ2v) is 6.99.